The summed E-state index contributed by atoms with van der Waals surface area (Å²) in [6, 6.07) is 6.62. The van der Waals surface area contributed by atoms with Gasteiger partial charge in [0.1, 0.15) is 11.5 Å². The number of halogens is 3. The molecule has 1 aliphatic rings. The number of carbonyl (C=O) groups is 1. The fraction of sp³-hybridized carbons (Fsp3) is 0.111. The summed E-state index contributed by atoms with van der Waals surface area (Å²) in [5, 5.41) is -0.129. The maximum absolute atomic E-state index is 13.5. The van der Waals surface area contributed by atoms with Crippen molar-refractivity contribution in [2.24, 2.45) is 4.99 Å². The minimum Gasteiger partial charge on any atom is -0.497 e. The van der Waals surface area contributed by atoms with Crippen molar-refractivity contribution < 1.29 is 27.8 Å². The van der Waals surface area contributed by atoms with E-state index in [0.717, 1.165) is 12.1 Å². The SMILES string of the molecule is COc1ccc(OC)c(/C=C2\N=C(c3cc(F)c(F)cc3Cl)OC2=O)c1. The fourth-order valence-corrected chi connectivity index (χ4v) is 2.54. The molecule has 0 saturated carbocycles. The van der Waals surface area contributed by atoms with E-state index in [-0.39, 0.29) is 22.2 Å². The zero-order valence-electron chi connectivity index (χ0n) is 13.7. The molecule has 0 atom stereocenters. The van der Waals surface area contributed by atoms with Gasteiger partial charge in [-0.05, 0) is 36.4 Å². The first kappa shape index (κ1) is 17.9. The number of cyclic esters (lactones) is 1. The summed E-state index contributed by atoms with van der Waals surface area (Å²) in [5.74, 6) is -2.18. The molecule has 5 nitrogen and oxygen atoms in total. The van der Waals surface area contributed by atoms with Gasteiger partial charge in [-0.25, -0.2) is 18.6 Å². The van der Waals surface area contributed by atoms with Crippen LogP contribution in [-0.4, -0.2) is 26.1 Å². The standard InChI is InChI=1S/C18H12ClF2NO4/c1-24-10-3-4-16(25-2)9(5-10)6-15-18(23)26-17(22-15)11-7-13(20)14(21)8-12(11)19/h3-8H,1-2H3/b15-6-. The van der Waals surface area contributed by atoms with Crippen LogP contribution in [0.5, 0.6) is 11.5 Å². The third-order valence-corrected chi connectivity index (χ3v) is 3.90. The summed E-state index contributed by atoms with van der Waals surface area (Å²) < 4.78 is 42.1. The molecule has 0 saturated heterocycles. The van der Waals surface area contributed by atoms with Crippen LogP contribution in [0.4, 0.5) is 8.78 Å². The second-order valence-electron chi connectivity index (χ2n) is 5.19. The minimum atomic E-state index is -1.13. The third kappa shape index (κ3) is 3.39. The highest BCUT2D eigenvalue weighted by Gasteiger charge is 2.27. The highest BCUT2D eigenvalue weighted by molar-refractivity contribution is 6.34. The van der Waals surface area contributed by atoms with E-state index in [9.17, 15) is 13.6 Å². The summed E-state index contributed by atoms with van der Waals surface area (Å²) in [4.78, 5) is 16.1. The largest absolute Gasteiger partial charge is 0.497 e. The van der Waals surface area contributed by atoms with Crippen molar-refractivity contribution in [3.63, 3.8) is 0 Å². The zero-order valence-corrected chi connectivity index (χ0v) is 14.4. The average molecular weight is 380 g/mol. The Morgan fingerprint density at radius 2 is 1.85 bits per heavy atom. The second kappa shape index (κ2) is 7.13. The summed E-state index contributed by atoms with van der Waals surface area (Å²) in [6.07, 6.45) is 1.43. The van der Waals surface area contributed by atoms with Crippen molar-refractivity contribution in [1.82, 2.24) is 0 Å². The number of methoxy groups -OCH3 is 2. The van der Waals surface area contributed by atoms with Crippen LogP contribution in [0.2, 0.25) is 5.02 Å². The van der Waals surface area contributed by atoms with Gasteiger partial charge in [-0.1, -0.05) is 11.6 Å². The lowest BCUT2D eigenvalue weighted by Gasteiger charge is -2.07. The van der Waals surface area contributed by atoms with Gasteiger partial charge < -0.3 is 14.2 Å². The maximum Gasteiger partial charge on any atom is 0.363 e. The number of hydrogen-bond donors (Lipinski definition) is 0. The highest BCUT2D eigenvalue weighted by atomic mass is 35.5. The van der Waals surface area contributed by atoms with Crippen molar-refractivity contribution in [2.75, 3.05) is 14.2 Å². The molecule has 0 bridgehead atoms. The summed E-state index contributed by atoms with van der Waals surface area (Å²) in [6.45, 7) is 0. The minimum absolute atomic E-state index is 0.0278. The van der Waals surface area contributed by atoms with Crippen molar-refractivity contribution in [1.29, 1.82) is 0 Å². The molecule has 1 aliphatic heterocycles. The Balaban J connectivity index is 2.04. The number of carbonyl (C=O) groups excluding carboxylic acids is 1. The molecule has 26 heavy (non-hydrogen) atoms. The molecule has 8 heteroatoms. The van der Waals surface area contributed by atoms with Gasteiger partial charge in [0, 0.05) is 5.56 Å². The predicted molar refractivity (Wildman–Crippen MR) is 91.5 cm³/mol. The van der Waals surface area contributed by atoms with Crippen LogP contribution in [-0.2, 0) is 9.53 Å². The van der Waals surface area contributed by atoms with E-state index in [4.69, 9.17) is 25.8 Å². The number of benzene rings is 2. The Hall–Kier alpha value is -2.93. The predicted octanol–water partition coefficient (Wildman–Crippen LogP) is 3.98. The first-order valence-electron chi connectivity index (χ1n) is 7.32. The summed E-state index contributed by atoms with van der Waals surface area (Å²) in [7, 11) is 2.98. The summed E-state index contributed by atoms with van der Waals surface area (Å²) in [5.41, 5.74) is 0.451. The molecule has 0 unspecified atom stereocenters. The number of nitrogens with zero attached hydrogens (tertiary/aromatic N) is 1. The quantitative estimate of drug-likeness (QED) is 0.458. The smallest absolute Gasteiger partial charge is 0.363 e. The lowest BCUT2D eigenvalue weighted by atomic mass is 10.1. The van der Waals surface area contributed by atoms with Gasteiger partial charge in [-0.3, -0.25) is 0 Å². The molecular weight excluding hydrogens is 368 g/mol. The maximum atomic E-state index is 13.5. The van der Waals surface area contributed by atoms with Crippen LogP contribution in [0.15, 0.2) is 41.0 Å². The molecule has 0 aromatic heterocycles. The van der Waals surface area contributed by atoms with E-state index in [0.29, 0.717) is 17.1 Å². The molecule has 0 aliphatic carbocycles. The third-order valence-electron chi connectivity index (χ3n) is 3.59. The molecule has 134 valence electrons. The van der Waals surface area contributed by atoms with Gasteiger partial charge in [0.15, 0.2) is 17.3 Å². The number of ether oxygens (including phenoxy) is 3. The first-order valence-corrected chi connectivity index (χ1v) is 7.70. The lowest BCUT2D eigenvalue weighted by Crippen LogP contribution is -2.07. The van der Waals surface area contributed by atoms with E-state index >= 15 is 0 Å². The molecule has 0 amide bonds. The Morgan fingerprint density at radius 3 is 2.54 bits per heavy atom. The number of rotatable bonds is 4. The van der Waals surface area contributed by atoms with Crippen LogP contribution < -0.4 is 9.47 Å². The van der Waals surface area contributed by atoms with Crippen LogP contribution in [0.25, 0.3) is 6.08 Å². The van der Waals surface area contributed by atoms with Gasteiger partial charge in [0.25, 0.3) is 0 Å². The molecule has 0 radical (unpaired) electrons. The van der Waals surface area contributed by atoms with E-state index in [1.807, 2.05) is 0 Å². The van der Waals surface area contributed by atoms with Crippen LogP contribution >= 0.6 is 11.6 Å². The van der Waals surface area contributed by atoms with Crippen molar-refractivity contribution in [3.05, 3.63) is 63.8 Å². The molecular formula is C18H12ClF2NO4. The molecule has 0 spiro atoms. The van der Waals surface area contributed by atoms with Gasteiger partial charge in [-0.2, -0.15) is 0 Å². The van der Waals surface area contributed by atoms with E-state index in [2.05, 4.69) is 4.99 Å². The van der Waals surface area contributed by atoms with Crippen LogP contribution in [0, 0.1) is 11.6 Å². The van der Waals surface area contributed by atoms with Gasteiger partial charge in [-0.15, -0.1) is 0 Å². The lowest BCUT2D eigenvalue weighted by molar-refractivity contribution is -0.129. The van der Waals surface area contributed by atoms with E-state index in [1.165, 1.54) is 20.3 Å². The molecule has 2 aromatic carbocycles. The highest BCUT2D eigenvalue weighted by Crippen LogP contribution is 2.29. The van der Waals surface area contributed by atoms with Crippen molar-refractivity contribution in [2.45, 2.75) is 0 Å². The number of esters is 1. The first-order chi connectivity index (χ1) is 12.4. The average Bonchev–Trinajstić information content (AvgIpc) is 2.98. The molecule has 2 aromatic rings. The second-order valence-corrected chi connectivity index (χ2v) is 5.60. The van der Waals surface area contributed by atoms with Crippen molar-refractivity contribution >= 4 is 29.5 Å². The molecule has 3 rings (SSSR count). The molecule has 0 N–H and O–H groups in total. The topological polar surface area (TPSA) is 57.1 Å². The monoisotopic (exact) mass is 379 g/mol. The normalized spacial score (nSPS) is 15.0. The van der Waals surface area contributed by atoms with Gasteiger partial charge in [0.2, 0.25) is 5.90 Å². The van der Waals surface area contributed by atoms with Crippen molar-refractivity contribution in [3.8, 4) is 11.5 Å². The number of aliphatic imine (C=N–C) groups is 1. The Kier molecular flexibility index (Phi) is 4.90. The molecule has 1 heterocycles. The number of hydrogen-bond acceptors (Lipinski definition) is 5. The van der Waals surface area contributed by atoms with E-state index < -0.39 is 17.6 Å². The fourth-order valence-electron chi connectivity index (χ4n) is 2.31. The van der Waals surface area contributed by atoms with Crippen LogP contribution in [0.1, 0.15) is 11.1 Å². The Labute approximate surface area is 152 Å². The van der Waals surface area contributed by atoms with E-state index in [1.54, 1.807) is 18.2 Å². The van der Waals surface area contributed by atoms with Crippen LogP contribution in [0.3, 0.4) is 0 Å². The Morgan fingerprint density at radius 1 is 1.12 bits per heavy atom. The Bertz CT molecular complexity index is 956. The summed E-state index contributed by atoms with van der Waals surface area (Å²) >= 11 is 5.89. The zero-order chi connectivity index (χ0) is 18.8. The van der Waals surface area contributed by atoms with Gasteiger partial charge in [0.05, 0.1) is 24.8 Å². The van der Waals surface area contributed by atoms with Gasteiger partial charge >= 0.3 is 5.97 Å². The molecule has 0 fully saturated rings.